The number of rotatable bonds is 6. The summed E-state index contributed by atoms with van der Waals surface area (Å²) in [5, 5.41) is 0. The molecule has 1 aromatic heterocycles. The van der Waals surface area contributed by atoms with Crippen molar-refractivity contribution in [2.45, 2.75) is 47.0 Å². The Labute approximate surface area is 143 Å². The lowest BCUT2D eigenvalue weighted by Gasteiger charge is -2.37. The highest BCUT2D eigenvalue weighted by Gasteiger charge is 2.38. The summed E-state index contributed by atoms with van der Waals surface area (Å²) in [4.78, 5) is 16.3. The van der Waals surface area contributed by atoms with Crippen LogP contribution >= 0.6 is 0 Å². The zero-order valence-corrected chi connectivity index (χ0v) is 15.0. The first-order valence-corrected chi connectivity index (χ1v) is 8.18. The van der Waals surface area contributed by atoms with Crippen LogP contribution in [-0.2, 0) is 9.53 Å². The van der Waals surface area contributed by atoms with Gasteiger partial charge in [-0.2, -0.15) is 0 Å². The number of carbonyl (C=O) groups excluding carboxylic acids is 1. The van der Waals surface area contributed by atoms with Crippen LogP contribution < -0.4 is 4.74 Å². The van der Waals surface area contributed by atoms with E-state index in [1.165, 1.54) is 0 Å². The Morgan fingerprint density at radius 2 is 1.83 bits per heavy atom. The molecule has 0 aliphatic heterocycles. The quantitative estimate of drug-likeness (QED) is 0.749. The minimum atomic E-state index is -0.502. The maximum Gasteiger partial charge on any atom is 0.308 e. The van der Waals surface area contributed by atoms with Gasteiger partial charge in [0.2, 0.25) is 6.23 Å². The zero-order valence-electron chi connectivity index (χ0n) is 15.0. The van der Waals surface area contributed by atoms with Gasteiger partial charge in [-0.15, -0.1) is 0 Å². The average Bonchev–Trinajstić information content (AvgIpc) is 3.04. The topological polar surface area (TPSA) is 53.4 Å². The van der Waals surface area contributed by atoms with Gasteiger partial charge >= 0.3 is 5.97 Å². The summed E-state index contributed by atoms with van der Waals surface area (Å²) in [6, 6.07) is 9.51. The molecule has 0 saturated heterocycles. The maximum atomic E-state index is 12.2. The number of esters is 1. The minimum absolute atomic E-state index is 0.199. The standard InChI is InChI=1S/C19H26N2O3/c1-14(2)18(22)24-16(19(3,4)5)17(21-12-11-20-13-21)23-15-9-7-6-8-10-15/h6-14,16-17H,1-5H3. The van der Waals surface area contributed by atoms with Crippen molar-refractivity contribution in [3.63, 3.8) is 0 Å². The number of aromatic nitrogens is 2. The predicted octanol–water partition coefficient (Wildman–Crippen LogP) is 4.07. The average molecular weight is 330 g/mol. The molecule has 0 N–H and O–H groups in total. The molecule has 2 unspecified atom stereocenters. The molecule has 0 aliphatic rings. The zero-order chi connectivity index (χ0) is 17.7. The Bertz CT molecular complexity index is 630. The third-order valence-electron chi connectivity index (χ3n) is 3.65. The molecule has 2 rings (SSSR count). The van der Waals surface area contributed by atoms with Gasteiger partial charge in [0.25, 0.3) is 0 Å². The molecule has 0 fully saturated rings. The van der Waals surface area contributed by atoms with E-state index in [4.69, 9.17) is 9.47 Å². The second-order valence-corrected chi connectivity index (χ2v) is 7.21. The first-order valence-electron chi connectivity index (χ1n) is 8.18. The van der Waals surface area contributed by atoms with Gasteiger partial charge in [0.05, 0.1) is 12.2 Å². The van der Waals surface area contributed by atoms with Crippen LogP contribution in [0.4, 0.5) is 0 Å². The van der Waals surface area contributed by atoms with E-state index in [1.807, 2.05) is 75.7 Å². The van der Waals surface area contributed by atoms with Crippen molar-refractivity contribution < 1.29 is 14.3 Å². The van der Waals surface area contributed by atoms with E-state index in [2.05, 4.69) is 4.98 Å². The Morgan fingerprint density at radius 1 is 1.17 bits per heavy atom. The van der Waals surface area contributed by atoms with E-state index in [1.54, 1.807) is 12.5 Å². The van der Waals surface area contributed by atoms with Gasteiger partial charge in [0.15, 0.2) is 6.10 Å². The van der Waals surface area contributed by atoms with E-state index in [9.17, 15) is 4.79 Å². The number of para-hydroxylation sites is 1. The van der Waals surface area contributed by atoms with Gasteiger partial charge in [0.1, 0.15) is 5.75 Å². The second-order valence-electron chi connectivity index (χ2n) is 7.21. The Hall–Kier alpha value is -2.30. The lowest BCUT2D eigenvalue weighted by molar-refractivity contribution is -0.171. The van der Waals surface area contributed by atoms with Crippen molar-refractivity contribution >= 4 is 5.97 Å². The molecule has 0 bridgehead atoms. The normalized spacial score (nSPS) is 14.2. The first-order chi connectivity index (χ1) is 11.3. The van der Waals surface area contributed by atoms with Gasteiger partial charge in [-0.3, -0.25) is 9.36 Å². The molecule has 2 atom stereocenters. The Kier molecular flexibility index (Phi) is 5.65. The molecule has 5 heteroatoms. The van der Waals surface area contributed by atoms with Gasteiger partial charge in [0, 0.05) is 17.8 Å². The third kappa shape index (κ3) is 4.60. The fourth-order valence-electron chi connectivity index (χ4n) is 2.26. The van der Waals surface area contributed by atoms with Crippen molar-refractivity contribution in [1.29, 1.82) is 0 Å². The van der Waals surface area contributed by atoms with Crippen molar-refractivity contribution in [3.8, 4) is 5.75 Å². The molecule has 1 heterocycles. The molecular weight excluding hydrogens is 304 g/mol. The van der Waals surface area contributed by atoms with E-state index < -0.39 is 12.3 Å². The lowest BCUT2D eigenvalue weighted by atomic mass is 9.87. The highest BCUT2D eigenvalue weighted by atomic mass is 16.6. The molecule has 0 amide bonds. The number of imidazole rings is 1. The monoisotopic (exact) mass is 330 g/mol. The number of hydrogen-bond donors (Lipinski definition) is 0. The van der Waals surface area contributed by atoms with Crippen molar-refractivity contribution in [2.24, 2.45) is 11.3 Å². The molecule has 0 aliphatic carbocycles. The highest BCUT2D eigenvalue weighted by Crippen LogP contribution is 2.33. The second kappa shape index (κ2) is 7.51. The molecule has 2 aromatic rings. The van der Waals surface area contributed by atoms with Crippen LogP contribution in [-0.4, -0.2) is 21.6 Å². The molecule has 1 aromatic carbocycles. The molecule has 130 valence electrons. The largest absolute Gasteiger partial charge is 0.466 e. The summed E-state index contributed by atoms with van der Waals surface area (Å²) < 4.78 is 13.8. The fraction of sp³-hybridized carbons (Fsp3) is 0.474. The number of benzene rings is 1. The van der Waals surface area contributed by atoms with Gasteiger partial charge in [-0.25, -0.2) is 4.98 Å². The summed E-state index contributed by atoms with van der Waals surface area (Å²) in [6.07, 6.45) is 4.20. The van der Waals surface area contributed by atoms with Crippen LogP contribution in [0.1, 0.15) is 40.8 Å². The predicted molar refractivity (Wildman–Crippen MR) is 92.5 cm³/mol. The smallest absolute Gasteiger partial charge is 0.308 e. The number of carbonyl (C=O) groups is 1. The van der Waals surface area contributed by atoms with Gasteiger partial charge in [-0.1, -0.05) is 52.8 Å². The van der Waals surface area contributed by atoms with Crippen LogP contribution in [0.2, 0.25) is 0 Å². The van der Waals surface area contributed by atoms with Crippen molar-refractivity contribution in [2.75, 3.05) is 0 Å². The number of hydrogen-bond acceptors (Lipinski definition) is 4. The summed E-state index contributed by atoms with van der Waals surface area (Å²) in [5.41, 5.74) is -0.311. The SMILES string of the molecule is CC(C)C(=O)OC(C(Oc1ccccc1)n1ccnc1)C(C)(C)C. The van der Waals surface area contributed by atoms with E-state index in [0.717, 1.165) is 0 Å². The highest BCUT2D eigenvalue weighted by molar-refractivity contribution is 5.71. The van der Waals surface area contributed by atoms with Crippen LogP contribution in [0.5, 0.6) is 5.75 Å². The third-order valence-corrected chi connectivity index (χ3v) is 3.65. The fourth-order valence-corrected chi connectivity index (χ4v) is 2.26. The number of ether oxygens (including phenoxy) is 2. The molecule has 0 saturated carbocycles. The summed E-state index contributed by atoms with van der Waals surface area (Å²) >= 11 is 0. The molecule has 24 heavy (non-hydrogen) atoms. The summed E-state index contributed by atoms with van der Waals surface area (Å²) in [7, 11) is 0. The molecule has 0 radical (unpaired) electrons. The van der Waals surface area contributed by atoms with Crippen LogP contribution in [0, 0.1) is 11.3 Å². The molecule has 0 spiro atoms. The lowest BCUT2D eigenvalue weighted by Crippen LogP contribution is -2.42. The first kappa shape index (κ1) is 18.0. The van der Waals surface area contributed by atoms with Crippen LogP contribution in [0.25, 0.3) is 0 Å². The Balaban J connectivity index is 2.35. The van der Waals surface area contributed by atoms with E-state index >= 15 is 0 Å². The van der Waals surface area contributed by atoms with E-state index in [0.29, 0.717) is 5.75 Å². The molecular formula is C19H26N2O3. The molecule has 5 nitrogen and oxygen atoms in total. The summed E-state index contributed by atoms with van der Waals surface area (Å²) in [5.74, 6) is 0.276. The van der Waals surface area contributed by atoms with Gasteiger partial charge in [-0.05, 0) is 12.1 Å². The Morgan fingerprint density at radius 3 is 2.33 bits per heavy atom. The minimum Gasteiger partial charge on any atom is -0.466 e. The van der Waals surface area contributed by atoms with Crippen molar-refractivity contribution in [3.05, 3.63) is 49.1 Å². The van der Waals surface area contributed by atoms with Crippen LogP contribution in [0.15, 0.2) is 49.1 Å². The van der Waals surface area contributed by atoms with E-state index in [-0.39, 0.29) is 17.3 Å². The van der Waals surface area contributed by atoms with Gasteiger partial charge < -0.3 is 9.47 Å². The summed E-state index contributed by atoms with van der Waals surface area (Å²) in [6.45, 7) is 9.75. The van der Waals surface area contributed by atoms with Crippen LogP contribution in [0.3, 0.4) is 0 Å². The number of nitrogens with zero attached hydrogens (tertiary/aromatic N) is 2. The maximum absolute atomic E-state index is 12.2. The van der Waals surface area contributed by atoms with Crippen molar-refractivity contribution in [1.82, 2.24) is 9.55 Å².